The maximum Gasteiger partial charge on any atom is 0.416 e. The lowest BCUT2D eigenvalue weighted by Crippen LogP contribution is -2.42. The Morgan fingerprint density at radius 1 is 0.805 bits per heavy atom. The second-order valence-corrected chi connectivity index (χ2v) is 10.4. The zero-order valence-electron chi connectivity index (χ0n) is 21.6. The molecule has 0 fully saturated rings. The predicted octanol–water partition coefficient (Wildman–Crippen LogP) is 8.10. The Hall–Kier alpha value is -4.52. The van der Waals surface area contributed by atoms with Gasteiger partial charge < -0.3 is 4.74 Å². The lowest BCUT2D eigenvalue weighted by Gasteiger charge is -2.47. The van der Waals surface area contributed by atoms with Crippen molar-refractivity contribution in [1.29, 1.82) is 0 Å². The molecule has 1 heterocycles. The van der Waals surface area contributed by atoms with Crippen molar-refractivity contribution in [3.05, 3.63) is 148 Å². The third-order valence-corrected chi connectivity index (χ3v) is 8.06. The van der Waals surface area contributed by atoms with Gasteiger partial charge >= 0.3 is 6.18 Å². The average Bonchev–Trinajstić information content (AvgIpc) is 2.99. The zero-order valence-corrected chi connectivity index (χ0v) is 21.6. The van der Waals surface area contributed by atoms with Crippen molar-refractivity contribution >= 4 is 12.1 Å². The quantitative estimate of drug-likeness (QED) is 0.142. The summed E-state index contributed by atoms with van der Waals surface area (Å²) in [4.78, 5) is 27.1. The van der Waals surface area contributed by atoms with Crippen LogP contribution in [0.4, 0.5) is 17.6 Å². The first-order chi connectivity index (χ1) is 19.8. The average molecular weight is 557 g/mol. The molecule has 0 amide bonds. The third-order valence-electron chi connectivity index (χ3n) is 8.06. The van der Waals surface area contributed by atoms with Crippen LogP contribution in [0.15, 0.2) is 115 Å². The smallest absolute Gasteiger partial charge is 0.416 e. The molecule has 41 heavy (non-hydrogen) atoms. The molecule has 5 atom stereocenters. The van der Waals surface area contributed by atoms with Crippen molar-refractivity contribution in [3.8, 4) is 5.75 Å². The number of aldehydes is 1. The molecule has 0 spiro atoms. The van der Waals surface area contributed by atoms with E-state index < -0.39 is 53.1 Å². The highest BCUT2D eigenvalue weighted by molar-refractivity contribution is 6.00. The van der Waals surface area contributed by atoms with E-state index in [1.807, 2.05) is 54.6 Å². The molecule has 206 valence electrons. The number of hydrogen-bond donors (Lipinski definition) is 0. The first-order valence-electron chi connectivity index (χ1n) is 13.2. The van der Waals surface area contributed by atoms with Gasteiger partial charge in [0.25, 0.3) is 0 Å². The maximum absolute atomic E-state index is 14.7. The molecule has 0 saturated carbocycles. The van der Waals surface area contributed by atoms with Crippen LogP contribution in [-0.2, 0) is 11.0 Å². The van der Waals surface area contributed by atoms with Crippen molar-refractivity contribution in [2.75, 3.05) is 0 Å². The summed E-state index contributed by atoms with van der Waals surface area (Å²) in [5, 5.41) is 0. The van der Waals surface area contributed by atoms with Gasteiger partial charge in [-0.3, -0.25) is 9.59 Å². The fraction of sp³-hybridized carbons (Fsp3) is 0.176. The second-order valence-electron chi connectivity index (χ2n) is 10.4. The molecule has 0 unspecified atom stereocenters. The van der Waals surface area contributed by atoms with Gasteiger partial charge in [-0.2, -0.15) is 13.2 Å². The van der Waals surface area contributed by atoms with Crippen molar-refractivity contribution in [3.63, 3.8) is 0 Å². The summed E-state index contributed by atoms with van der Waals surface area (Å²) >= 11 is 0. The van der Waals surface area contributed by atoms with E-state index in [2.05, 4.69) is 0 Å². The minimum absolute atomic E-state index is 0.0792. The van der Waals surface area contributed by atoms with Crippen LogP contribution >= 0.6 is 0 Å². The Bertz CT molecular complexity index is 1610. The lowest BCUT2D eigenvalue weighted by atomic mass is 9.58. The lowest BCUT2D eigenvalue weighted by molar-refractivity contribution is -0.137. The number of Topliss-reactive ketones (excluding diaryl/α,β-unsaturated/α-hetero) is 1. The van der Waals surface area contributed by atoms with Crippen LogP contribution in [0.25, 0.3) is 0 Å². The van der Waals surface area contributed by atoms with Gasteiger partial charge in [0.05, 0.1) is 5.56 Å². The fourth-order valence-corrected chi connectivity index (χ4v) is 6.30. The Morgan fingerprint density at radius 3 is 2.05 bits per heavy atom. The highest BCUT2D eigenvalue weighted by Gasteiger charge is 2.51. The molecule has 0 bridgehead atoms. The number of hydrogen-bond acceptors (Lipinski definition) is 3. The van der Waals surface area contributed by atoms with Gasteiger partial charge in [-0.05, 0) is 47.0 Å². The molecule has 4 aromatic carbocycles. The monoisotopic (exact) mass is 556 g/mol. The van der Waals surface area contributed by atoms with Crippen molar-refractivity contribution in [1.82, 2.24) is 0 Å². The molecule has 0 radical (unpaired) electrons. The van der Waals surface area contributed by atoms with Crippen LogP contribution < -0.4 is 4.74 Å². The van der Waals surface area contributed by atoms with E-state index in [-0.39, 0.29) is 5.56 Å². The summed E-state index contributed by atoms with van der Waals surface area (Å²) in [7, 11) is 0. The summed E-state index contributed by atoms with van der Waals surface area (Å²) in [6.07, 6.45) is -2.60. The predicted molar refractivity (Wildman–Crippen MR) is 145 cm³/mol. The molecule has 7 heteroatoms. The van der Waals surface area contributed by atoms with Gasteiger partial charge in [0, 0.05) is 34.8 Å². The van der Waals surface area contributed by atoms with E-state index in [0.29, 0.717) is 22.4 Å². The first kappa shape index (κ1) is 26.7. The number of allylic oxidation sites excluding steroid dienone is 1. The number of alkyl halides is 3. The number of rotatable bonds is 5. The Kier molecular flexibility index (Phi) is 6.81. The van der Waals surface area contributed by atoms with Crippen molar-refractivity contribution in [2.24, 2.45) is 11.8 Å². The van der Waals surface area contributed by atoms with Gasteiger partial charge in [-0.1, -0.05) is 78.9 Å². The molecule has 0 aromatic heterocycles. The summed E-state index contributed by atoms with van der Waals surface area (Å²) < 4.78 is 61.0. The minimum Gasteiger partial charge on any atom is -0.485 e. The van der Waals surface area contributed by atoms with Crippen LogP contribution in [0.5, 0.6) is 5.75 Å². The van der Waals surface area contributed by atoms with Gasteiger partial charge in [-0.15, -0.1) is 0 Å². The molecule has 3 nitrogen and oxygen atoms in total. The number of fused-ring (bicyclic) bond motifs is 3. The minimum atomic E-state index is -4.56. The fourth-order valence-electron chi connectivity index (χ4n) is 6.30. The molecular weight excluding hydrogens is 532 g/mol. The van der Waals surface area contributed by atoms with Crippen LogP contribution in [-0.4, -0.2) is 12.1 Å². The summed E-state index contributed by atoms with van der Waals surface area (Å²) in [6.45, 7) is 0. The number of halogens is 4. The number of ether oxygens (including phenoxy) is 1. The van der Waals surface area contributed by atoms with Crippen LogP contribution in [0.2, 0.25) is 0 Å². The summed E-state index contributed by atoms with van der Waals surface area (Å²) in [5.41, 5.74) is 1.58. The van der Waals surface area contributed by atoms with Gasteiger partial charge in [-0.25, -0.2) is 4.39 Å². The molecule has 1 aliphatic heterocycles. The normalized spacial score (nSPS) is 23.4. The van der Waals surface area contributed by atoms with Gasteiger partial charge in [0.15, 0.2) is 5.78 Å². The molecule has 0 N–H and O–H groups in total. The molecule has 1 aliphatic carbocycles. The third kappa shape index (κ3) is 4.86. The standard InChI is InChI=1S/C34H24F4O3/c35-25-15-16-28-26(18-25)30-27(33(41-28)22-9-5-2-6-10-22)17-23(19-39)29(20-7-3-1-4-8-20)31(30)32(40)21-11-13-24(14-12-21)34(36,37)38/h1-19,27,29-31,33H/t27-,29-,30-,31+,33-/m0/s1. The van der Waals surface area contributed by atoms with Crippen LogP contribution in [0.1, 0.15) is 50.6 Å². The van der Waals surface area contributed by atoms with E-state index in [0.717, 1.165) is 24.0 Å². The number of carbonyl (C=O) groups is 2. The van der Waals surface area contributed by atoms with E-state index in [1.165, 1.54) is 30.3 Å². The number of benzene rings is 4. The largest absolute Gasteiger partial charge is 0.485 e. The van der Waals surface area contributed by atoms with Gasteiger partial charge in [0.2, 0.25) is 0 Å². The highest BCUT2D eigenvalue weighted by atomic mass is 19.4. The number of ketones is 1. The first-order valence-corrected chi connectivity index (χ1v) is 13.2. The molecule has 2 aliphatic rings. The molecule has 6 rings (SSSR count). The summed E-state index contributed by atoms with van der Waals surface area (Å²) in [5.74, 6) is -3.33. The SMILES string of the molecule is O=CC1=C[C@H]2[C@H](c3cc(F)ccc3O[C@H]2c2ccccc2)[C@H](C(=O)c2ccc(C(F)(F)F)cc2)[C@H]1c1ccccc1. The molecule has 0 saturated heterocycles. The van der Waals surface area contributed by atoms with E-state index in [1.54, 1.807) is 12.1 Å². The van der Waals surface area contributed by atoms with Crippen LogP contribution in [0.3, 0.4) is 0 Å². The Labute approximate surface area is 234 Å². The highest BCUT2D eigenvalue weighted by Crippen LogP contribution is 2.58. The maximum atomic E-state index is 14.7. The Morgan fingerprint density at radius 2 is 1.44 bits per heavy atom. The van der Waals surface area contributed by atoms with E-state index in [9.17, 15) is 27.2 Å². The molecule has 4 aromatic rings. The summed E-state index contributed by atoms with van der Waals surface area (Å²) in [6, 6.07) is 26.7. The van der Waals surface area contributed by atoms with Crippen molar-refractivity contribution in [2.45, 2.75) is 24.1 Å². The second kappa shape index (κ2) is 10.5. The van der Waals surface area contributed by atoms with Crippen molar-refractivity contribution < 1.29 is 31.9 Å². The van der Waals surface area contributed by atoms with E-state index in [4.69, 9.17) is 4.74 Å². The number of carbonyl (C=O) groups excluding carboxylic acids is 2. The topological polar surface area (TPSA) is 43.4 Å². The van der Waals surface area contributed by atoms with Crippen LogP contribution in [0, 0.1) is 17.7 Å². The van der Waals surface area contributed by atoms with E-state index >= 15 is 0 Å². The molecular formula is C34H24F4O3. The zero-order chi connectivity index (χ0) is 28.7. The Balaban J connectivity index is 1.58. The van der Waals surface area contributed by atoms with Gasteiger partial charge in [0.1, 0.15) is 24.0 Å².